The number of aryl methyl sites for hydroxylation is 1. The molecule has 3 rings (SSSR count). The number of fused-ring (bicyclic) bond motifs is 1. The van der Waals surface area contributed by atoms with Crippen LogP contribution in [0.15, 0.2) is 24.3 Å². The number of carbonyl (C=O) groups excluding carboxylic acids is 3. The van der Waals surface area contributed by atoms with Gasteiger partial charge in [-0.2, -0.15) is 0 Å². The Bertz CT molecular complexity index is 787. The van der Waals surface area contributed by atoms with Gasteiger partial charge < -0.3 is 20.3 Å². The number of nitrogens with zero attached hydrogens (tertiary/aromatic N) is 1. The van der Waals surface area contributed by atoms with Gasteiger partial charge in [-0.1, -0.05) is 24.6 Å². The lowest BCUT2D eigenvalue weighted by Gasteiger charge is -2.26. The number of nitrogens with one attached hydrogen (secondary N) is 2. The van der Waals surface area contributed by atoms with Crippen LogP contribution < -0.4 is 15.5 Å². The van der Waals surface area contributed by atoms with E-state index in [2.05, 4.69) is 10.6 Å². The van der Waals surface area contributed by atoms with Crippen molar-refractivity contribution in [2.75, 3.05) is 18.0 Å². The van der Waals surface area contributed by atoms with Crippen LogP contribution >= 0.6 is 0 Å². The molecule has 1 aliphatic carbocycles. The van der Waals surface area contributed by atoms with E-state index in [0.29, 0.717) is 13.0 Å². The van der Waals surface area contributed by atoms with Crippen LogP contribution in [0.25, 0.3) is 0 Å². The molecular weight excluding hydrogens is 382 g/mol. The van der Waals surface area contributed by atoms with E-state index in [1.54, 1.807) is 4.90 Å². The van der Waals surface area contributed by atoms with Crippen molar-refractivity contribution in [3.8, 4) is 0 Å². The molecule has 0 aromatic heterocycles. The molecule has 1 aromatic rings. The highest BCUT2D eigenvalue weighted by Crippen LogP contribution is 2.27. The first-order valence-electron chi connectivity index (χ1n) is 10.9. The maximum absolute atomic E-state index is 12.6. The summed E-state index contributed by atoms with van der Waals surface area (Å²) in [5, 5.41) is 5.91. The summed E-state index contributed by atoms with van der Waals surface area (Å²) in [7, 11) is 0. The Labute approximate surface area is 178 Å². The number of ether oxygens (including phenoxy) is 1. The summed E-state index contributed by atoms with van der Waals surface area (Å²) in [6.07, 6.45) is 4.49. The second-order valence-corrected chi connectivity index (χ2v) is 9.21. The molecule has 2 unspecified atom stereocenters. The molecule has 164 valence electrons. The average molecular weight is 416 g/mol. The van der Waals surface area contributed by atoms with Gasteiger partial charge in [0.15, 0.2) is 0 Å². The molecule has 1 fully saturated rings. The molecule has 1 aromatic carbocycles. The normalized spacial score (nSPS) is 21.6. The topological polar surface area (TPSA) is 87.7 Å². The molecule has 2 atom stereocenters. The summed E-state index contributed by atoms with van der Waals surface area (Å²) in [5.41, 5.74) is 1.40. The standard InChI is InChI=1S/C23H33N3O4/c1-23(2,3)30-22(29)25-18-11-6-10-17(18)14-24-20(27)15-26-19-12-5-4-8-16(19)9-7-13-21(26)28/h4-5,8,12,17-18H,6-7,9-11,13-15H2,1-3H3,(H,24,27)(H,25,29). The quantitative estimate of drug-likeness (QED) is 0.773. The molecular formula is C23H33N3O4. The van der Waals surface area contributed by atoms with E-state index in [9.17, 15) is 14.4 Å². The van der Waals surface area contributed by atoms with E-state index in [0.717, 1.165) is 43.4 Å². The van der Waals surface area contributed by atoms with Crippen molar-refractivity contribution < 1.29 is 19.1 Å². The van der Waals surface area contributed by atoms with E-state index in [-0.39, 0.29) is 30.3 Å². The highest BCUT2D eigenvalue weighted by Gasteiger charge is 2.31. The summed E-state index contributed by atoms with van der Waals surface area (Å²) in [5.74, 6) is -0.0306. The number of rotatable bonds is 5. The molecule has 7 heteroatoms. The number of anilines is 1. The highest BCUT2D eigenvalue weighted by atomic mass is 16.6. The Morgan fingerprint density at radius 3 is 2.67 bits per heavy atom. The predicted molar refractivity (Wildman–Crippen MR) is 115 cm³/mol. The molecule has 0 radical (unpaired) electrons. The van der Waals surface area contributed by atoms with Gasteiger partial charge in [0.2, 0.25) is 11.8 Å². The average Bonchev–Trinajstić information content (AvgIpc) is 3.03. The summed E-state index contributed by atoms with van der Waals surface area (Å²) in [4.78, 5) is 38.9. The van der Waals surface area contributed by atoms with Crippen LogP contribution in [0, 0.1) is 5.92 Å². The minimum Gasteiger partial charge on any atom is -0.444 e. The van der Waals surface area contributed by atoms with Crippen LogP contribution in [0.2, 0.25) is 0 Å². The number of hydrogen-bond acceptors (Lipinski definition) is 4. The van der Waals surface area contributed by atoms with E-state index in [4.69, 9.17) is 4.74 Å². The third-order valence-corrected chi connectivity index (χ3v) is 5.64. The van der Waals surface area contributed by atoms with Crippen molar-refractivity contribution in [1.82, 2.24) is 10.6 Å². The lowest BCUT2D eigenvalue weighted by Crippen LogP contribution is -2.46. The molecule has 3 amide bonds. The van der Waals surface area contributed by atoms with Gasteiger partial charge in [-0.3, -0.25) is 9.59 Å². The second-order valence-electron chi connectivity index (χ2n) is 9.21. The Morgan fingerprint density at radius 1 is 1.13 bits per heavy atom. The molecule has 1 heterocycles. The van der Waals surface area contributed by atoms with Gasteiger partial charge in [0.05, 0.1) is 0 Å². The lowest BCUT2D eigenvalue weighted by molar-refractivity contribution is -0.124. The SMILES string of the molecule is CC(C)(C)OC(=O)NC1CCCC1CNC(=O)CN1C(=O)CCCc2ccccc21. The van der Waals surface area contributed by atoms with Crippen molar-refractivity contribution in [1.29, 1.82) is 0 Å². The minimum atomic E-state index is -0.539. The van der Waals surface area contributed by atoms with Gasteiger partial charge in [-0.15, -0.1) is 0 Å². The number of amides is 3. The first kappa shape index (κ1) is 22.1. The smallest absolute Gasteiger partial charge is 0.407 e. The van der Waals surface area contributed by atoms with Crippen molar-refractivity contribution in [3.63, 3.8) is 0 Å². The van der Waals surface area contributed by atoms with Crippen LogP contribution in [0.1, 0.15) is 58.4 Å². The van der Waals surface area contributed by atoms with Crippen LogP contribution in [-0.4, -0.2) is 42.6 Å². The van der Waals surface area contributed by atoms with Crippen molar-refractivity contribution in [2.24, 2.45) is 5.92 Å². The lowest BCUT2D eigenvalue weighted by atomic mass is 10.0. The zero-order valence-corrected chi connectivity index (χ0v) is 18.2. The van der Waals surface area contributed by atoms with E-state index in [1.165, 1.54) is 0 Å². The highest BCUT2D eigenvalue weighted by molar-refractivity contribution is 5.99. The van der Waals surface area contributed by atoms with E-state index in [1.807, 2.05) is 45.0 Å². The van der Waals surface area contributed by atoms with E-state index < -0.39 is 11.7 Å². The molecule has 2 aliphatic rings. The van der Waals surface area contributed by atoms with Crippen LogP contribution in [0.3, 0.4) is 0 Å². The number of para-hydroxylation sites is 1. The fraction of sp³-hybridized carbons (Fsp3) is 0.609. The van der Waals surface area contributed by atoms with Crippen LogP contribution in [0.5, 0.6) is 0 Å². The van der Waals surface area contributed by atoms with Gasteiger partial charge in [0.25, 0.3) is 0 Å². The van der Waals surface area contributed by atoms with Gasteiger partial charge in [0.1, 0.15) is 12.1 Å². The molecule has 30 heavy (non-hydrogen) atoms. The molecule has 2 N–H and O–H groups in total. The molecule has 0 bridgehead atoms. The molecule has 0 spiro atoms. The van der Waals surface area contributed by atoms with Gasteiger partial charge in [-0.25, -0.2) is 4.79 Å². The Hall–Kier alpha value is -2.57. The fourth-order valence-corrected chi connectivity index (χ4v) is 4.23. The van der Waals surface area contributed by atoms with Crippen molar-refractivity contribution >= 4 is 23.6 Å². The molecule has 1 saturated carbocycles. The Balaban J connectivity index is 1.54. The maximum atomic E-state index is 12.6. The van der Waals surface area contributed by atoms with Crippen LogP contribution in [0.4, 0.5) is 10.5 Å². The Kier molecular flexibility index (Phi) is 7.00. The minimum absolute atomic E-state index is 0.0132. The maximum Gasteiger partial charge on any atom is 0.407 e. The second kappa shape index (κ2) is 9.49. The first-order chi connectivity index (χ1) is 14.2. The zero-order chi connectivity index (χ0) is 21.7. The monoisotopic (exact) mass is 415 g/mol. The third kappa shape index (κ3) is 5.97. The Morgan fingerprint density at radius 2 is 1.90 bits per heavy atom. The first-order valence-corrected chi connectivity index (χ1v) is 10.9. The molecule has 0 saturated heterocycles. The number of benzene rings is 1. The molecule has 1 aliphatic heterocycles. The predicted octanol–water partition coefficient (Wildman–Crippen LogP) is 3.17. The molecule has 7 nitrogen and oxygen atoms in total. The number of carbonyl (C=O) groups is 3. The number of hydrogen-bond donors (Lipinski definition) is 2. The summed E-state index contributed by atoms with van der Waals surface area (Å²) >= 11 is 0. The fourth-order valence-electron chi connectivity index (χ4n) is 4.23. The van der Waals surface area contributed by atoms with Crippen molar-refractivity contribution in [2.45, 2.75) is 70.9 Å². The van der Waals surface area contributed by atoms with Gasteiger partial charge >= 0.3 is 6.09 Å². The largest absolute Gasteiger partial charge is 0.444 e. The summed E-state index contributed by atoms with van der Waals surface area (Å²) in [6, 6.07) is 7.77. The van der Waals surface area contributed by atoms with Crippen LogP contribution in [-0.2, 0) is 20.7 Å². The third-order valence-electron chi connectivity index (χ3n) is 5.64. The van der Waals surface area contributed by atoms with E-state index >= 15 is 0 Å². The van der Waals surface area contributed by atoms with Crippen molar-refractivity contribution in [3.05, 3.63) is 29.8 Å². The van der Waals surface area contributed by atoms with Gasteiger partial charge in [0, 0.05) is 24.7 Å². The van der Waals surface area contributed by atoms with Gasteiger partial charge in [-0.05, 0) is 64.0 Å². The summed E-state index contributed by atoms with van der Waals surface area (Å²) in [6.45, 7) is 6.00. The number of alkyl carbamates (subject to hydrolysis) is 1. The summed E-state index contributed by atoms with van der Waals surface area (Å²) < 4.78 is 5.35. The zero-order valence-electron chi connectivity index (χ0n) is 18.2.